The van der Waals surface area contributed by atoms with E-state index in [4.69, 9.17) is 19.3 Å². The summed E-state index contributed by atoms with van der Waals surface area (Å²) in [4.78, 5) is 36.4. The number of aliphatic hydroxyl groups is 1. The molecule has 7 heteroatoms. The van der Waals surface area contributed by atoms with Crippen LogP contribution >= 0.6 is 0 Å². The summed E-state index contributed by atoms with van der Waals surface area (Å²) in [6, 6.07) is 9.26. The molecular formula is C24H30O7. The Balaban J connectivity index is 2.75. The van der Waals surface area contributed by atoms with Gasteiger partial charge in [0.2, 0.25) is 0 Å². The number of ether oxygens (including phenoxy) is 3. The molecule has 1 N–H and O–H groups in total. The molecule has 31 heavy (non-hydrogen) atoms. The van der Waals surface area contributed by atoms with E-state index in [0.29, 0.717) is 18.4 Å². The number of benzene rings is 1. The second kappa shape index (κ2) is 13.9. The molecule has 0 saturated carbocycles. The van der Waals surface area contributed by atoms with Crippen LogP contribution in [0.1, 0.15) is 38.7 Å². The Labute approximate surface area is 183 Å². The summed E-state index contributed by atoms with van der Waals surface area (Å²) >= 11 is 0. The van der Waals surface area contributed by atoms with Crippen molar-refractivity contribution in [2.75, 3.05) is 19.8 Å². The molecule has 0 aliphatic rings. The summed E-state index contributed by atoms with van der Waals surface area (Å²) in [5.74, 6) is -1.92. The van der Waals surface area contributed by atoms with Crippen LogP contribution in [-0.2, 0) is 28.6 Å². The first-order valence-electron chi connectivity index (χ1n) is 10.0. The molecule has 0 fully saturated rings. The fourth-order valence-corrected chi connectivity index (χ4v) is 2.30. The zero-order chi connectivity index (χ0) is 23.2. The number of esters is 3. The first-order chi connectivity index (χ1) is 14.8. The van der Waals surface area contributed by atoms with Gasteiger partial charge in [0.1, 0.15) is 13.2 Å². The Hall–Kier alpha value is -3.19. The predicted octanol–water partition coefficient (Wildman–Crippen LogP) is 3.38. The van der Waals surface area contributed by atoms with Gasteiger partial charge in [0.15, 0.2) is 6.10 Å². The number of rotatable bonds is 13. The highest BCUT2D eigenvalue weighted by Gasteiger charge is 2.21. The van der Waals surface area contributed by atoms with Crippen LogP contribution in [0.4, 0.5) is 0 Å². The van der Waals surface area contributed by atoms with Gasteiger partial charge in [-0.15, -0.1) is 0 Å². The molecular weight excluding hydrogens is 400 g/mol. The van der Waals surface area contributed by atoms with Crippen molar-refractivity contribution in [1.82, 2.24) is 0 Å². The second-order valence-electron chi connectivity index (χ2n) is 6.85. The van der Waals surface area contributed by atoms with Gasteiger partial charge in [-0.1, -0.05) is 50.4 Å². The highest BCUT2D eigenvalue weighted by atomic mass is 16.6. The topological polar surface area (TPSA) is 99.1 Å². The van der Waals surface area contributed by atoms with Gasteiger partial charge in [-0.2, -0.15) is 0 Å². The number of carbonyl (C=O) groups is 3. The molecule has 0 bridgehead atoms. The molecule has 1 unspecified atom stereocenters. The smallest absolute Gasteiger partial charge is 0.333 e. The molecule has 0 amide bonds. The molecule has 0 aromatic heterocycles. The maximum Gasteiger partial charge on any atom is 0.333 e. The van der Waals surface area contributed by atoms with Gasteiger partial charge in [-0.05, 0) is 37.8 Å². The molecule has 7 nitrogen and oxygen atoms in total. The molecule has 0 spiro atoms. The van der Waals surface area contributed by atoms with E-state index in [1.165, 1.54) is 0 Å². The van der Waals surface area contributed by atoms with Crippen molar-refractivity contribution in [3.05, 3.63) is 65.8 Å². The second-order valence-corrected chi connectivity index (χ2v) is 6.85. The molecule has 1 rings (SSSR count). The van der Waals surface area contributed by atoms with Crippen molar-refractivity contribution in [1.29, 1.82) is 0 Å². The van der Waals surface area contributed by atoms with Crippen molar-refractivity contribution < 1.29 is 33.7 Å². The lowest BCUT2D eigenvalue weighted by atomic mass is 10.1. The Bertz CT molecular complexity index is 808. The minimum absolute atomic E-state index is 0.0862. The van der Waals surface area contributed by atoms with E-state index >= 15 is 0 Å². The minimum Gasteiger partial charge on any atom is -0.458 e. The Morgan fingerprint density at radius 3 is 2.19 bits per heavy atom. The molecule has 168 valence electrons. The van der Waals surface area contributed by atoms with Gasteiger partial charge in [0, 0.05) is 23.3 Å². The highest BCUT2D eigenvalue weighted by molar-refractivity contribution is 5.93. The first kappa shape index (κ1) is 25.8. The molecule has 1 aromatic carbocycles. The van der Waals surface area contributed by atoms with Crippen LogP contribution in [0, 0.1) is 0 Å². The molecule has 0 saturated heterocycles. The first-order valence-corrected chi connectivity index (χ1v) is 10.0. The Morgan fingerprint density at radius 1 is 1.00 bits per heavy atom. The molecule has 0 aliphatic heterocycles. The standard InChI is InChI=1S/C24H30O7/c1-5-17(2)22(26)29-15-21(31-24(28)18(3)10-9-13-25)16-30-23(27)19(4)14-20-11-7-6-8-12-20/h6-8,11-12,14,21,25H,2-3,5,9-10,13,15-16H2,1,4H3. The SMILES string of the molecule is C=C(CC)C(=O)OCC(COC(=O)C(C)=Cc1ccccc1)OC(=O)C(=C)CCCO. The molecule has 0 heterocycles. The van der Waals surface area contributed by atoms with E-state index in [-0.39, 0.29) is 37.4 Å². The van der Waals surface area contributed by atoms with Crippen LogP contribution in [0.15, 0.2) is 60.2 Å². The van der Waals surface area contributed by atoms with Crippen molar-refractivity contribution >= 4 is 24.0 Å². The van der Waals surface area contributed by atoms with Crippen molar-refractivity contribution in [2.45, 2.75) is 39.2 Å². The van der Waals surface area contributed by atoms with E-state index in [2.05, 4.69) is 13.2 Å². The predicted molar refractivity (Wildman–Crippen MR) is 117 cm³/mol. The number of hydrogen-bond acceptors (Lipinski definition) is 7. The van der Waals surface area contributed by atoms with Crippen LogP contribution < -0.4 is 0 Å². The maximum atomic E-state index is 12.3. The third-order valence-corrected chi connectivity index (χ3v) is 4.22. The van der Waals surface area contributed by atoms with Crippen LogP contribution in [0.2, 0.25) is 0 Å². The molecule has 0 radical (unpaired) electrons. The largest absolute Gasteiger partial charge is 0.458 e. The third-order valence-electron chi connectivity index (χ3n) is 4.22. The molecule has 1 atom stereocenters. The lowest BCUT2D eigenvalue weighted by Gasteiger charge is -2.19. The van der Waals surface area contributed by atoms with Gasteiger partial charge >= 0.3 is 17.9 Å². The van der Waals surface area contributed by atoms with Crippen LogP contribution in [0.5, 0.6) is 0 Å². The van der Waals surface area contributed by atoms with E-state index < -0.39 is 24.0 Å². The average Bonchev–Trinajstić information content (AvgIpc) is 2.78. The fourth-order valence-electron chi connectivity index (χ4n) is 2.30. The van der Waals surface area contributed by atoms with E-state index in [1.54, 1.807) is 19.9 Å². The summed E-state index contributed by atoms with van der Waals surface area (Å²) in [7, 11) is 0. The lowest BCUT2D eigenvalue weighted by molar-refractivity contribution is -0.161. The zero-order valence-corrected chi connectivity index (χ0v) is 18.1. The van der Waals surface area contributed by atoms with Crippen molar-refractivity contribution in [3.8, 4) is 0 Å². The normalized spacial score (nSPS) is 11.9. The summed E-state index contributed by atoms with van der Waals surface area (Å²) in [6.07, 6.45) is 1.70. The Kier molecular flexibility index (Phi) is 11.6. The minimum atomic E-state index is -1.01. The van der Waals surface area contributed by atoms with Crippen LogP contribution in [0.25, 0.3) is 6.08 Å². The quantitative estimate of drug-likeness (QED) is 0.291. The van der Waals surface area contributed by atoms with E-state index in [9.17, 15) is 14.4 Å². The van der Waals surface area contributed by atoms with Crippen LogP contribution in [0.3, 0.4) is 0 Å². The zero-order valence-electron chi connectivity index (χ0n) is 18.1. The van der Waals surface area contributed by atoms with Gasteiger partial charge in [-0.25, -0.2) is 14.4 Å². The van der Waals surface area contributed by atoms with Crippen molar-refractivity contribution in [2.24, 2.45) is 0 Å². The number of aliphatic hydroxyl groups excluding tert-OH is 1. The Morgan fingerprint density at radius 2 is 1.61 bits per heavy atom. The summed E-state index contributed by atoms with van der Waals surface area (Å²) in [5, 5.41) is 8.88. The molecule has 0 aliphatic carbocycles. The fraction of sp³-hybridized carbons (Fsp3) is 0.375. The van der Waals surface area contributed by atoms with E-state index in [0.717, 1.165) is 5.56 Å². The lowest BCUT2D eigenvalue weighted by Crippen LogP contribution is -2.31. The van der Waals surface area contributed by atoms with Crippen molar-refractivity contribution in [3.63, 3.8) is 0 Å². The van der Waals surface area contributed by atoms with E-state index in [1.807, 2.05) is 30.3 Å². The maximum absolute atomic E-state index is 12.3. The van der Waals surface area contributed by atoms with Gasteiger partial charge < -0.3 is 19.3 Å². The summed E-state index contributed by atoms with van der Waals surface area (Å²) in [5.41, 5.74) is 1.64. The van der Waals surface area contributed by atoms with Gasteiger partial charge in [0.05, 0.1) is 0 Å². The number of hydrogen-bond donors (Lipinski definition) is 1. The van der Waals surface area contributed by atoms with Crippen LogP contribution in [-0.4, -0.2) is 48.9 Å². The average molecular weight is 430 g/mol. The monoisotopic (exact) mass is 430 g/mol. The summed E-state index contributed by atoms with van der Waals surface area (Å²) < 4.78 is 15.7. The molecule has 1 aromatic rings. The van der Waals surface area contributed by atoms with Gasteiger partial charge in [-0.3, -0.25) is 0 Å². The number of carbonyl (C=O) groups excluding carboxylic acids is 3. The summed E-state index contributed by atoms with van der Waals surface area (Å²) in [6.45, 7) is 9.91. The third kappa shape index (κ3) is 9.91. The highest BCUT2D eigenvalue weighted by Crippen LogP contribution is 2.11. The van der Waals surface area contributed by atoms with Gasteiger partial charge in [0.25, 0.3) is 0 Å².